The predicted octanol–water partition coefficient (Wildman–Crippen LogP) is 5.51. The first kappa shape index (κ1) is 25.9. The molecule has 174 valence electrons. The average Bonchev–Trinajstić information content (AvgIpc) is 2.71. The normalized spacial score (nSPS) is 14.0. The molecule has 0 radical (unpaired) electrons. The van der Waals surface area contributed by atoms with Crippen molar-refractivity contribution < 1.29 is 22.3 Å². The molecule has 32 heavy (non-hydrogen) atoms. The van der Waals surface area contributed by atoms with Gasteiger partial charge in [0.25, 0.3) is 0 Å². The smallest absolute Gasteiger partial charge is 0.200 e. The fourth-order valence-corrected chi connectivity index (χ4v) is 3.77. The number of hydrogen-bond donors (Lipinski definition) is 0. The molecule has 1 aromatic heterocycles. The molecule has 0 unspecified atom stereocenters. The molecule has 1 aromatic carbocycles. The fourth-order valence-electron chi connectivity index (χ4n) is 2.99. The van der Waals surface area contributed by atoms with Gasteiger partial charge in [0.1, 0.15) is 11.9 Å². The Labute approximate surface area is 193 Å². The van der Waals surface area contributed by atoms with Crippen molar-refractivity contribution in [2.45, 2.75) is 46.6 Å². The highest BCUT2D eigenvalue weighted by atomic mass is 35.5. The van der Waals surface area contributed by atoms with Crippen LogP contribution in [0.2, 0.25) is 5.02 Å². The summed E-state index contributed by atoms with van der Waals surface area (Å²) in [4.78, 5) is 20.9. The van der Waals surface area contributed by atoms with E-state index in [1.807, 2.05) is 20.8 Å². The van der Waals surface area contributed by atoms with Gasteiger partial charge in [-0.1, -0.05) is 50.6 Å². The van der Waals surface area contributed by atoms with E-state index in [1.165, 1.54) is 12.3 Å². The molecule has 0 aliphatic carbocycles. The van der Waals surface area contributed by atoms with Crippen LogP contribution in [0.1, 0.15) is 61.6 Å². The lowest BCUT2D eigenvalue weighted by molar-refractivity contribution is 0.0965. The van der Waals surface area contributed by atoms with Gasteiger partial charge < -0.3 is 4.74 Å². The van der Waals surface area contributed by atoms with Crippen molar-refractivity contribution in [1.29, 1.82) is 0 Å². The van der Waals surface area contributed by atoms with Gasteiger partial charge in [-0.3, -0.25) is 4.79 Å². The summed E-state index contributed by atoms with van der Waals surface area (Å²) in [5, 5.41) is 1.15. The number of carbonyl (C=O) groups excluding carboxylic acids is 1. The molecule has 2 aromatic rings. The number of aromatic nitrogens is 2. The first-order valence-electron chi connectivity index (χ1n) is 10.2. The Morgan fingerprint density at radius 1 is 1.28 bits per heavy atom. The van der Waals surface area contributed by atoms with E-state index in [4.69, 9.17) is 16.3 Å². The lowest BCUT2D eigenvalue weighted by atomic mass is 9.98. The van der Waals surface area contributed by atoms with Gasteiger partial charge >= 0.3 is 0 Å². The number of hydrogen-bond acceptors (Lipinski definition) is 6. The van der Waals surface area contributed by atoms with Crippen LogP contribution in [0.25, 0.3) is 0 Å². The number of ketones is 1. The molecule has 0 fully saturated rings. The molecule has 2 atom stereocenters. The van der Waals surface area contributed by atoms with Crippen LogP contribution in [-0.2, 0) is 9.84 Å². The van der Waals surface area contributed by atoms with Crippen LogP contribution in [0.3, 0.4) is 0 Å². The topological polar surface area (TPSA) is 86.2 Å². The Bertz CT molecular complexity index is 1100. The van der Waals surface area contributed by atoms with Gasteiger partial charge in [0.2, 0.25) is 0 Å². The predicted molar refractivity (Wildman–Crippen MR) is 123 cm³/mol. The standard InChI is InChI=1S/C23H28ClFN2O4S/c1-14(2)22(17-7-6-8-18(25)21(17)24)31-20-13-26-23(27-16(20)4)19(28)10-9-15(3)11-12-32(5,29)30/h6-8,11-15,22H,9-10H2,1-5H3/b12-11+/t15-,22+/m0/s1. The highest BCUT2D eigenvalue weighted by Gasteiger charge is 2.24. The Kier molecular flexibility index (Phi) is 8.92. The summed E-state index contributed by atoms with van der Waals surface area (Å²) in [6.45, 7) is 7.40. The molecule has 9 heteroatoms. The van der Waals surface area contributed by atoms with E-state index in [9.17, 15) is 17.6 Å². The SMILES string of the molecule is Cc1nc(C(=O)CC[C@H](C)/C=C/S(C)(=O)=O)ncc1O[C@@H](c1cccc(F)c1Cl)C(C)C. The number of ether oxygens (including phenoxy) is 1. The lowest BCUT2D eigenvalue weighted by Crippen LogP contribution is -2.17. The summed E-state index contributed by atoms with van der Waals surface area (Å²) in [5.41, 5.74) is 1.00. The highest BCUT2D eigenvalue weighted by Crippen LogP contribution is 2.34. The molecular weight excluding hydrogens is 455 g/mol. The first-order valence-corrected chi connectivity index (χ1v) is 12.6. The van der Waals surface area contributed by atoms with Gasteiger partial charge in [-0.15, -0.1) is 0 Å². The molecule has 2 rings (SSSR count). The van der Waals surface area contributed by atoms with Gasteiger partial charge in [-0.2, -0.15) is 0 Å². The second kappa shape index (κ2) is 11.0. The summed E-state index contributed by atoms with van der Waals surface area (Å²) >= 11 is 6.14. The number of sulfone groups is 1. The number of carbonyl (C=O) groups is 1. The van der Waals surface area contributed by atoms with Gasteiger partial charge in [0.05, 0.1) is 16.9 Å². The maximum atomic E-state index is 13.9. The highest BCUT2D eigenvalue weighted by molar-refractivity contribution is 7.93. The second-order valence-corrected chi connectivity index (χ2v) is 10.5. The van der Waals surface area contributed by atoms with Crippen LogP contribution in [0, 0.1) is 24.6 Å². The molecule has 0 aliphatic rings. The number of allylic oxidation sites excluding steroid dienone is 1. The fraction of sp³-hybridized carbons (Fsp3) is 0.435. The molecule has 0 saturated carbocycles. The first-order chi connectivity index (χ1) is 14.9. The van der Waals surface area contributed by atoms with Gasteiger partial charge in [-0.25, -0.2) is 22.8 Å². The maximum Gasteiger partial charge on any atom is 0.200 e. The quantitative estimate of drug-likeness (QED) is 0.415. The molecule has 0 spiro atoms. The van der Waals surface area contributed by atoms with Crippen molar-refractivity contribution in [3.63, 3.8) is 0 Å². The van der Waals surface area contributed by atoms with Crippen LogP contribution >= 0.6 is 11.6 Å². The molecule has 6 nitrogen and oxygen atoms in total. The van der Waals surface area contributed by atoms with Crippen LogP contribution in [0.4, 0.5) is 4.39 Å². The minimum atomic E-state index is -3.19. The molecule has 0 bridgehead atoms. The maximum absolute atomic E-state index is 13.9. The van der Waals surface area contributed by atoms with E-state index in [0.717, 1.165) is 11.7 Å². The average molecular weight is 483 g/mol. The Balaban J connectivity index is 2.12. The van der Waals surface area contributed by atoms with Crippen LogP contribution in [0.15, 0.2) is 35.9 Å². The van der Waals surface area contributed by atoms with E-state index in [2.05, 4.69) is 9.97 Å². The third kappa shape index (κ3) is 7.38. The van der Waals surface area contributed by atoms with Gasteiger partial charge in [-0.05, 0) is 31.2 Å². The summed E-state index contributed by atoms with van der Waals surface area (Å²) in [6.07, 6.45) is 4.25. The number of nitrogens with zero attached hydrogens (tertiary/aromatic N) is 2. The van der Waals surface area contributed by atoms with E-state index >= 15 is 0 Å². The largest absolute Gasteiger partial charge is 0.482 e. The van der Waals surface area contributed by atoms with Crippen molar-refractivity contribution in [3.05, 3.63) is 63.8 Å². The molecule has 0 amide bonds. The lowest BCUT2D eigenvalue weighted by Gasteiger charge is -2.24. The van der Waals surface area contributed by atoms with Crippen LogP contribution in [-0.4, -0.2) is 30.4 Å². The van der Waals surface area contributed by atoms with Crippen molar-refractivity contribution in [3.8, 4) is 5.75 Å². The van der Waals surface area contributed by atoms with Gasteiger partial charge in [0, 0.05) is 23.6 Å². The van der Waals surface area contributed by atoms with E-state index in [0.29, 0.717) is 23.4 Å². The van der Waals surface area contributed by atoms with Crippen LogP contribution in [0.5, 0.6) is 5.75 Å². The number of halogens is 2. The number of rotatable bonds is 10. The summed E-state index contributed by atoms with van der Waals surface area (Å²) in [6, 6.07) is 4.58. The Morgan fingerprint density at radius 2 is 1.97 bits per heavy atom. The van der Waals surface area contributed by atoms with Crippen molar-refractivity contribution in [2.75, 3.05) is 6.26 Å². The van der Waals surface area contributed by atoms with Crippen molar-refractivity contribution in [2.24, 2.45) is 11.8 Å². The van der Waals surface area contributed by atoms with E-state index in [1.54, 1.807) is 25.1 Å². The minimum absolute atomic E-state index is 0.00983. The monoisotopic (exact) mass is 482 g/mol. The van der Waals surface area contributed by atoms with E-state index < -0.39 is 21.8 Å². The zero-order valence-corrected chi connectivity index (χ0v) is 20.4. The van der Waals surface area contributed by atoms with Crippen molar-refractivity contribution >= 4 is 27.2 Å². The molecule has 1 heterocycles. The zero-order chi connectivity index (χ0) is 24.1. The number of benzene rings is 1. The Hall–Kier alpha value is -2.32. The zero-order valence-electron chi connectivity index (χ0n) is 18.8. The Morgan fingerprint density at radius 3 is 2.56 bits per heavy atom. The van der Waals surface area contributed by atoms with Gasteiger partial charge in [0.15, 0.2) is 27.2 Å². The third-order valence-corrected chi connectivity index (χ3v) is 5.86. The number of aryl methyl sites for hydroxylation is 1. The third-order valence-electron chi connectivity index (χ3n) is 4.81. The molecule has 0 aliphatic heterocycles. The van der Waals surface area contributed by atoms with E-state index in [-0.39, 0.29) is 34.9 Å². The molecule has 0 N–H and O–H groups in total. The summed E-state index contributed by atoms with van der Waals surface area (Å²) in [7, 11) is -3.19. The molecule has 0 saturated heterocycles. The van der Waals surface area contributed by atoms with Crippen LogP contribution < -0.4 is 4.74 Å². The minimum Gasteiger partial charge on any atom is -0.482 e. The van der Waals surface area contributed by atoms with Crippen molar-refractivity contribution in [1.82, 2.24) is 9.97 Å². The second-order valence-electron chi connectivity index (χ2n) is 8.17. The number of Topliss-reactive ketones (excluding diaryl/α,β-unsaturated/α-hetero) is 1. The summed E-state index contributed by atoms with van der Waals surface area (Å²) in [5.74, 6) is -0.415. The molecular formula is C23H28ClFN2O4S. The summed E-state index contributed by atoms with van der Waals surface area (Å²) < 4.78 is 42.4.